The Bertz CT molecular complexity index is 463. The van der Waals surface area contributed by atoms with E-state index in [1.807, 2.05) is 6.07 Å². The van der Waals surface area contributed by atoms with Crippen LogP contribution in [0.15, 0.2) is 18.2 Å². The van der Waals surface area contributed by atoms with Gasteiger partial charge < -0.3 is 5.32 Å². The third-order valence-corrected chi connectivity index (χ3v) is 5.96. The molecule has 1 fully saturated rings. The maximum atomic E-state index is 13.4. The van der Waals surface area contributed by atoms with Gasteiger partial charge in [0.1, 0.15) is 5.82 Å². The van der Waals surface area contributed by atoms with Crippen molar-refractivity contribution in [2.45, 2.75) is 52.5 Å². The summed E-state index contributed by atoms with van der Waals surface area (Å²) >= 11 is 2.28. The quantitative estimate of drug-likeness (QED) is 0.637. The van der Waals surface area contributed by atoms with Gasteiger partial charge in [-0.25, -0.2) is 4.39 Å². The number of benzene rings is 1. The van der Waals surface area contributed by atoms with Crippen LogP contribution in [0.5, 0.6) is 0 Å². The Morgan fingerprint density at radius 1 is 1.29 bits per heavy atom. The topological polar surface area (TPSA) is 12.0 Å². The highest BCUT2D eigenvalue weighted by Gasteiger charge is 2.31. The van der Waals surface area contributed by atoms with E-state index in [0.717, 1.165) is 28.4 Å². The summed E-state index contributed by atoms with van der Waals surface area (Å²) in [6, 6.07) is 5.61. The molecular formula is C18H27FIN. The monoisotopic (exact) mass is 403 g/mol. The second-order valence-corrected chi connectivity index (χ2v) is 7.79. The van der Waals surface area contributed by atoms with Gasteiger partial charge in [0.2, 0.25) is 0 Å². The predicted molar refractivity (Wildman–Crippen MR) is 95.8 cm³/mol. The number of nitrogens with one attached hydrogen (secondary N) is 1. The molecule has 1 N–H and O–H groups in total. The molecule has 0 bridgehead atoms. The molecule has 0 spiro atoms. The van der Waals surface area contributed by atoms with Gasteiger partial charge in [-0.1, -0.05) is 33.3 Å². The van der Waals surface area contributed by atoms with Crippen molar-refractivity contribution in [3.63, 3.8) is 0 Å². The molecule has 0 aliphatic heterocycles. The lowest BCUT2D eigenvalue weighted by Crippen LogP contribution is -2.34. The molecular weight excluding hydrogens is 376 g/mol. The van der Waals surface area contributed by atoms with Gasteiger partial charge in [0.25, 0.3) is 0 Å². The van der Waals surface area contributed by atoms with Gasteiger partial charge in [-0.15, -0.1) is 0 Å². The Morgan fingerprint density at radius 3 is 2.67 bits per heavy atom. The van der Waals surface area contributed by atoms with Crippen molar-refractivity contribution in [1.82, 2.24) is 5.32 Å². The molecule has 1 aromatic carbocycles. The Labute approximate surface area is 142 Å². The maximum absolute atomic E-state index is 13.4. The normalized spacial score (nSPS) is 27.6. The van der Waals surface area contributed by atoms with Gasteiger partial charge in [0, 0.05) is 9.61 Å². The van der Waals surface area contributed by atoms with Crippen LogP contribution in [0, 0.1) is 27.1 Å². The minimum Gasteiger partial charge on any atom is -0.310 e. The van der Waals surface area contributed by atoms with E-state index in [1.54, 1.807) is 12.1 Å². The van der Waals surface area contributed by atoms with Crippen molar-refractivity contribution < 1.29 is 4.39 Å². The first-order valence-electron chi connectivity index (χ1n) is 8.21. The van der Waals surface area contributed by atoms with Crippen molar-refractivity contribution in [1.29, 1.82) is 0 Å². The largest absolute Gasteiger partial charge is 0.310 e. The van der Waals surface area contributed by atoms with Crippen LogP contribution in [0.1, 0.15) is 58.1 Å². The van der Waals surface area contributed by atoms with Gasteiger partial charge >= 0.3 is 0 Å². The standard InChI is InChI=1S/C18H27FIN/c1-4-9-21-18(14-6-5-12(2)13(3)10-14)16-8-7-15(19)11-17(16)20/h7-8,11-14,18,21H,4-6,9-10H2,1-3H3. The van der Waals surface area contributed by atoms with Crippen molar-refractivity contribution in [3.8, 4) is 0 Å². The smallest absolute Gasteiger partial charge is 0.124 e. The van der Waals surface area contributed by atoms with Crippen LogP contribution in [0.4, 0.5) is 4.39 Å². The third-order valence-electron chi connectivity index (χ3n) is 5.02. The highest BCUT2D eigenvalue weighted by Crippen LogP contribution is 2.40. The average Bonchev–Trinajstić information content (AvgIpc) is 2.44. The zero-order chi connectivity index (χ0) is 15.4. The summed E-state index contributed by atoms with van der Waals surface area (Å²) in [5.74, 6) is 2.15. The van der Waals surface area contributed by atoms with Crippen molar-refractivity contribution >= 4 is 22.6 Å². The molecule has 1 nitrogen and oxygen atoms in total. The minimum absolute atomic E-state index is 0.136. The summed E-state index contributed by atoms with van der Waals surface area (Å²) < 4.78 is 14.4. The maximum Gasteiger partial charge on any atom is 0.124 e. The Morgan fingerprint density at radius 2 is 2.05 bits per heavy atom. The molecule has 118 valence electrons. The predicted octanol–water partition coefficient (Wildman–Crippen LogP) is 5.54. The molecule has 1 aromatic rings. The first kappa shape index (κ1) is 17.2. The van der Waals surface area contributed by atoms with Gasteiger partial charge in [-0.3, -0.25) is 0 Å². The Hall–Kier alpha value is -0.160. The highest BCUT2D eigenvalue weighted by molar-refractivity contribution is 14.1. The fourth-order valence-corrected chi connectivity index (χ4v) is 4.29. The van der Waals surface area contributed by atoms with Crippen molar-refractivity contribution in [2.24, 2.45) is 17.8 Å². The lowest BCUT2D eigenvalue weighted by atomic mass is 9.72. The minimum atomic E-state index is -0.136. The lowest BCUT2D eigenvalue weighted by molar-refractivity contribution is 0.171. The summed E-state index contributed by atoms with van der Waals surface area (Å²) in [5.41, 5.74) is 1.28. The van der Waals surface area contributed by atoms with Crippen molar-refractivity contribution in [2.75, 3.05) is 6.54 Å². The molecule has 0 aromatic heterocycles. The first-order chi connectivity index (χ1) is 10.0. The van der Waals surface area contributed by atoms with Crippen LogP contribution in [0.25, 0.3) is 0 Å². The van der Waals surface area contributed by atoms with E-state index in [4.69, 9.17) is 0 Å². The molecule has 0 heterocycles. The summed E-state index contributed by atoms with van der Waals surface area (Å²) in [6.45, 7) is 7.98. The number of hydrogen-bond donors (Lipinski definition) is 1. The molecule has 4 atom stereocenters. The Kier molecular flexibility index (Phi) is 6.48. The molecule has 4 unspecified atom stereocenters. The van der Waals surface area contributed by atoms with Crippen LogP contribution in [0.3, 0.4) is 0 Å². The van der Waals surface area contributed by atoms with Crippen LogP contribution in [-0.4, -0.2) is 6.54 Å². The molecule has 0 amide bonds. The SMILES string of the molecule is CCCNC(c1ccc(F)cc1I)C1CCC(C)C(C)C1. The summed E-state index contributed by atoms with van der Waals surface area (Å²) in [5, 5.41) is 3.72. The van der Waals surface area contributed by atoms with Gasteiger partial charge in [0.05, 0.1) is 0 Å². The van der Waals surface area contributed by atoms with E-state index >= 15 is 0 Å². The Balaban J connectivity index is 2.21. The van der Waals surface area contributed by atoms with E-state index in [-0.39, 0.29) is 5.82 Å². The lowest BCUT2D eigenvalue weighted by Gasteiger charge is -2.37. The number of hydrogen-bond acceptors (Lipinski definition) is 1. The van der Waals surface area contributed by atoms with Gasteiger partial charge in [-0.2, -0.15) is 0 Å². The van der Waals surface area contributed by atoms with Gasteiger partial charge in [-0.05, 0) is 83.8 Å². The van der Waals surface area contributed by atoms with Crippen molar-refractivity contribution in [3.05, 3.63) is 33.1 Å². The van der Waals surface area contributed by atoms with Crippen LogP contribution in [-0.2, 0) is 0 Å². The summed E-state index contributed by atoms with van der Waals surface area (Å²) in [4.78, 5) is 0. The second kappa shape index (κ2) is 7.91. The fraction of sp³-hybridized carbons (Fsp3) is 0.667. The molecule has 1 aliphatic rings. The molecule has 0 radical (unpaired) electrons. The molecule has 2 rings (SSSR count). The molecule has 1 aliphatic carbocycles. The molecule has 21 heavy (non-hydrogen) atoms. The second-order valence-electron chi connectivity index (χ2n) is 6.63. The third kappa shape index (κ3) is 4.41. The average molecular weight is 403 g/mol. The van der Waals surface area contributed by atoms with Crippen LogP contribution >= 0.6 is 22.6 Å². The summed E-state index contributed by atoms with van der Waals surface area (Å²) in [7, 11) is 0. The first-order valence-corrected chi connectivity index (χ1v) is 9.29. The van der Waals surface area contributed by atoms with Gasteiger partial charge in [0.15, 0.2) is 0 Å². The number of halogens is 2. The van der Waals surface area contributed by atoms with Crippen LogP contribution < -0.4 is 5.32 Å². The molecule has 1 saturated carbocycles. The summed E-state index contributed by atoms with van der Waals surface area (Å²) in [6.07, 6.45) is 5.00. The van der Waals surface area contributed by atoms with Crippen LogP contribution in [0.2, 0.25) is 0 Å². The van der Waals surface area contributed by atoms with E-state index in [9.17, 15) is 4.39 Å². The van der Waals surface area contributed by atoms with E-state index in [2.05, 4.69) is 48.7 Å². The van der Waals surface area contributed by atoms with E-state index in [0.29, 0.717) is 12.0 Å². The zero-order valence-corrected chi connectivity index (χ0v) is 15.5. The van der Waals surface area contributed by atoms with E-state index in [1.165, 1.54) is 24.8 Å². The highest BCUT2D eigenvalue weighted by atomic mass is 127. The molecule has 3 heteroatoms. The fourth-order valence-electron chi connectivity index (χ4n) is 3.48. The number of rotatable bonds is 5. The zero-order valence-electron chi connectivity index (χ0n) is 13.3. The molecule has 0 saturated heterocycles. The van der Waals surface area contributed by atoms with E-state index < -0.39 is 0 Å².